The normalized spacial score (nSPS) is 11.5. The standard InChI is InChI=1S/C8H5Cl3N4O2S2/c9-3-1-4(10)6(5(11)2-3)15-19(16,17)8-14-13-7(12)18-8/h1-2,15H,(H2,12,13). The van der Waals surface area contributed by atoms with Gasteiger partial charge in [-0.1, -0.05) is 46.1 Å². The molecule has 0 radical (unpaired) electrons. The Hall–Kier alpha value is -0.800. The minimum Gasteiger partial charge on any atom is -0.374 e. The lowest BCUT2D eigenvalue weighted by Crippen LogP contribution is -2.13. The maximum Gasteiger partial charge on any atom is 0.291 e. The van der Waals surface area contributed by atoms with Gasteiger partial charge in [0.1, 0.15) is 0 Å². The van der Waals surface area contributed by atoms with Crippen LogP contribution >= 0.6 is 46.1 Å². The predicted molar refractivity (Wildman–Crippen MR) is 76.6 cm³/mol. The highest BCUT2D eigenvalue weighted by Crippen LogP contribution is 2.35. The van der Waals surface area contributed by atoms with Gasteiger partial charge in [0.25, 0.3) is 14.4 Å². The molecule has 3 N–H and O–H groups in total. The van der Waals surface area contributed by atoms with Crippen LogP contribution in [0, 0.1) is 0 Å². The van der Waals surface area contributed by atoms with Crippen LogP contribution in [0.4, 0.5) is 10.8 Å². The Labute approximate surface area is 127 Å². The van der Waals surface area contributed by atoms with E-state index in [-0.39, 0.29) is 30.2 Å². The number of rotatable bonds is 3. The zero-order valence-electron chi connectivity index (χ0n) is 8.89. The van der Waals surface area contributed by atoms with Gasteiger partial charge in [0.05, 0.1) is 15.7 Å². The van der Waals surface area contributed by atoms with Gasteiger partial charge < -0.3 is 5.73 Å². The van der Waals surface area contributed by atoms with Crippen LogP contribution in [0.15, 0.2) is 16.5 Å². The van der Waals surface area contributed by atoms with Crippen molar-refractivity contribution in [3.05, 3.63) is 27.2 Å². The van der Waals surface area contributed by atoms with Crippen molar-refractivity contribution in [2.75, 3.05) is 10.5 Å². The molecule has 19 heavy (non-hydrogen) atoms. The van der Waals surface area contributed by atoms with Gasteiger partial charge in [0, 0.05) is 5.02 Å². The highest BCUT2D eigenvalue weighted by atomic mass is 35.5. The predicted octanol–water partition coefficient (Wildman–Crippen LogP) is 2.88. The lowest BCUT2D eigenvalue weighted by atomic mass is 10.3. The van der Waals surface area contributed by atoms with Gasteiger partial charge in [-0.3, -0.25) is 4.72 Å². The van der Waals surface area contributed by atoms with Crippen LogP contribution in [0.2, 0.25) is 15.1 Å². The number of nitrogen functional groups attached to an aromatic ring is 1. The van der Waals surface area contributed by atoms with Crippen LogP contribution in [0.5, 0.6) is 0 Å². The lowest BCUT2D eigenvalue weighted by Gasteiger charge is -2.09. The smallest absolute Gasteiger partial charge is 0.291 e. The highest BCUT2D eigenvalue weighted by molar-refractivity contribution is 7.94. The SMILES string of the molecule is Nc1nnc(S(=O)(=O)Nc2c(Cl)cc(Cl)cc2Cl)s1. The first kappa shape index (κ1) is 14.6. The number of anilines is 2. The van der Waals surface area contributed by atoms with Gasteiger partial charge in [-0.05, 0) is 12.1 Å². The molecule has 6 nitrogen and oxygen atoms in total. The van der Waals surface area contributed by atoms with Gasteiger partial charge in [0.15, 0.2) is 0 Å². The number of hydrogen-bond acceptors (Lipinski definition) is 6. The van der Waals surface area contributed by atoms with E-state index < -0.39 is 10.0 Å². The molecule has 0 spiro atoms. The minimum atomic E-state index is -3.95. The molecule has 0 atom stereocenters. The van der Waals surface area contributed by atoms with Crippen molar-refractivity contribution in [2.24, 2.45) is 0 Å². The third kappa shape index (κ3) is 3.21. The molecule has 102 valence electrons. The summed E-state index contributed by atoms with van der Waals surface area (Å²) in [6.45, 7) is 0. The van der Waals surface area contributed by atoms with Crippen molar-refractivity contribution >= 4 is 67.0 Å². The fraction of sp³-hybridized carbons (Fsp3) is 0. The summed E-state index contributed by atoms with van der Waals surface area (Å²) >= 11 is 18.2. The molecule has 1 aromatic carbocycles. The molecule has 2 rings (SSSR count). The maximum absolute atomic E-state index is 12.0. The summed E-state index contributed by atoms with van der Waals surface area (Å²) in [5.74, 6) is 0. The van der Waals surface area contributed by atoms with Gasteiger partial charge in [-0.15, -0.1) is 10.2 Å². The van der Waals surface area contributed by atoms with Crippen molar-refractivity contribution in [1.29, 1.82) is 0 Å². The largest absolute Gasteiger partial charge is 0.374 e. The van der Waals surface area contributed by atoms with E-state index in [0.29, 0.717) is 0 Å². The van der Waals surface area contributed by atoms with Crippen LogP contribution in [0.25, 0.3) is 0 Å². The van der Waals surface area contributed by atoms with Crippen LogP contribution in [0.1, 0.15) is 0 Å². The summed E-state index contributed by atoms with van der Waals surface area (Å²) in [4.78, 5) is 0. The number of hydrogen-bond donors (Lipinski definition) is 2. The van der Waals surface area contributed by atoms with Crippen molar-refractivity contribution in [3.63, 3.8) is 0 Å². The van der Waals surface area contributed by atoms with Crippen molar-refractivity contribution in [1.82, 2.24) is 10.2 Å². The molecule has 0 fully saturated rings. The second-order valence-corrected chi connectivity index (χ2v) is 7.37. The maximum atomic E-state index is 12.0. The number of benzene rings is 1. The first-order valence-electron chi connectivity index (χ1n) is 4.56. The molecule has 11 heteroatoms. The molecule has 0 aliphatic heterocycles. The average molecular weight is 360 g/mol. The second kappa shape index (κ2) is 5.29. The molecule has 0 aliphatic carbocycles. The number of sulfonamides is 1. The van der Waals surface area contributed by atoms with Crippen molar-refractivity contribution < 1.29 is 8.42 Å². The van der Waals surface area contributed by atoms with Gasteiger partial charge in [-0.2, -0.15) is 8.42 Å². The summed E-state index contributed by atoms with van der Waals surface area (Å²) in [6.07, 6.45) is 0. The summed E-state index contributed by atoms with van der Waals surface area (Å²) in [5.41, 5.74) is 5.35. The Bertz CT molecular complexity index is 708. The third-order valence-electron chi connectivity index (χ3n) is 1.90. The molecule has 0 saturated carbocycles. The van der Waals surface area contributed by atoms with E-state index in [1.54, 1.807) is 0 Å². The highest BCUT2D eigenvalue weighted by Gasteiger charge is 2.22. The fourth-order valence-corrected chi connectivity index (χ4v) is 4.06. The summed E-state index contributed by atoms with van der Waals surface area (Å²) < 4.78 is 25.9. The van der Waals surface area contributed by atoms with Crippen LogP contribution < -0.4 is 10.5 Å². The molecule has 1 aromatic heterocycles. The molecule has 0 unspecified atom stereocenters. The van der Waals surface area contributed by atoms with E-state index in [2.05, 4.69) is 14.9 Å². The first-order valence-corrected chi connectivity index (χ1v) is 7.99. The van der Waals surface area contributed by atoms with E-state index in [1.165, 1.54) is 12.1 Å². The monoisotopic (exact) mass is 358 g/mol. The summed E-state index contributed by atoms with van der Waals surface area (Å²) in [7, 11) is -3.95. The lowest BCUT2D eigenvalue weighted by molar-refractivity contribution is 0.599. The molecule has 1 heterocycles. The molecule has 0 saturated heterocycles. The summed E-state index contributed by atoms with van der Waals surface area (Å²) in [5, 5.41) is 7.33. The Morgan fingerprint density at radius 2 is 1.74 bits per heavy atom. The average Bonchev–Trinajstić information content (AvgIpc) is 2.71. The van der Waals surface area contributed by atoms with E-state index in [0.717, 1.165) is 11.3 Å². The Morgan fingerprint density at radius 3 is 2.21 bits per heavy atom. The second-order valence-electron chi connectivity index (χ2n) is 3.26. The molecule has 0 aliphatic rings. The van der Waals surface area contributed by atoms with E-state index in [1.807, 2.05) is 0 Å². The van der Waals surface area contributed by atoms with E-state index in [4.69, 9.17) is 40.5 Å². The molecular weight excluding hydrogens is 355 g/mol. The van der Waals surface area contributed by atoms with E-state index in [9.17, 15) is 8.42 Å². The number of nitrogens with two attached hydrogens (primary N) is 1. The first-order chi connectivity index (χ1) is 8.79. The van der Waals surface area contributed by atoms with Crippen LogP contribution in [0.3, 0.4) is 0 Å². The zero-order valence-corrected chi connectivity index (χ0v) is 12.8. The third-order valence-corrected chi connectivity index (χ3v) is 5.18. The van der Waals surface area contributed by atoms with Gasteiger partial charge in [0.2, 0.25) is 5.13 Å². The molecular formula is C8H5Cl3N4O2S2. The number of nitrogens with one attached hydrogen (secondary N) is 1. The molecule has 0 amide bonds. The number of nitrogens with zero attached hydrogens (tertiary/aromatic N) is 2. The number of aromatic nitrogens is 2. The van der Waals surface area contributed by atoms with Crippen molar-refractivity contribution in [3.8, 4) is 0 Å². The Kier molecular flexibility index (Phi) is 4.07. The Morgan fingerprint density at radius 1 is 1.16 bits per heavy atom. The van der Waals surface area contributed by atoms with E-state index >= 15 is 0 Å². The molecule has 2 aromatic rings. The van der Waals surface area contributed by atoms with Gasteiger partial charge >= 0.3 is 0 Å². The van der Waals surface area contributed by atoms with Crippen molar-refractivity contribution in [2.45, 2.75) is 4.34 Å². The Balaban J connectivity index is 2.41. The fourth-order valence-electron chi connectivity index (χ4n) is 1.15. The quantitative estimate of drug-likeness (QED) is 0.878. The number of halogens is 3. The topological polar surface area (TPSA) is 98.0 Å². The zero-order chi connectivity index (χ0) is 14.2. The summed E-state index contributed by atoms with van der Waals surface area (Å²) in [6, 6.07) is 2.72. The van der Waals surface area contributed by atoms with Gasteiger partial charge in [-0.25, -0.2) is 0 Å². The van der Waals surface area contributed by atoms with Crippen LogP contribution in [-0.4, -0.2) is 18.6 Å². The molecule has 0 bridgehead atoms. The van der Waals surface area contributed by atoms with Crippen LogP contribution in [-0.2, 0) is 10.0 Å². The minimum absolute atomic E-state index is 0.0153.